The van der Waals surface area contributed by atoms with Gasteiger partial charge >= 0.3 is 0 Å². The molecule has 0 radical (unpaired) electrons. The highest BCUT2D eigenvalue weighted by molar-refractivity contribution is 5.26. The first-order valence-electron chi connectivity index (χ1n) is 6.87. The number of anilines is 1. The van der Waals surface area contributed by atoms with Crippen molar-refractivity contribution in [2.45, 2.75) is 58.1 Å². The topological polar surface area (TPSA) is 47.0 Å². The number of aryl methyl sites for hydroxylation is 1. The highest BCUT2D eigenvalue weighted by Crippen LogP contribution is 2.32. The fraction of sp³-hybridized carbons (Fsp3) is 0.714. The van der Waals surface area contributed by atoms with Crippen LogP contribution in [0.5, 0.6) is 0 Å². The van der Waals surface area contributed by atoms with Crippen molar-refractivity contribution in [1.82, 2.24) is 9.97 Å². The number of nitrogens with zero attached hydrogens (tertiary/aromatic N) is 2. The third-order valence-electron chi connectivity index (χ3n) is 3.91. The minimum Gasteiger partial charge on any atom is -0.375 e. The SMILES string of the molecule is CCC1(CC)CC(Nc2nccc(C)n2)CCO1. The highest BCUT2D eigenvalue weighted by atomic mass is 16.5. The second-order valence-electron chi connectivity index (χ2n) is 5.09. The Hall–Kier alpha value is -1.16. The van der Waals surface area contributed by atoms with Crippen LogP contribution in [0, 0.1) is 6.92 Å². The molecule has 1 aromatic heterocycles. The third-order valence-corrected chi connectivity index (χ3v) is 3.91. The van der Waals surface area contributed by atoms with Crippen LogP contribution >= 0.6 is 0 Å². The zero-order valence-electron chi connectivity index (χ0n) is 11.6. The summed E-state index contributed by atoms with van der Waals surface area (Å²) in [6, 6.07) is 2.33. The molecule has 0 spiro atoms. The van der Waals surface area contributed by atoms with Crippen molar-refractivity contribution in [3.05, 3.63) is 18.0 Å². The Balaban J connectivity index is 2.01. The molecule has 1 unspecified atom stereocenters. The second-order valence-corrected chi connectivity index (χ2v) is 5.09. The molecule has 1 fully saturated rings. The quantitative estimate of drug-likeness (QED) is 0.891. The van der Waals surface area contributed by atoms with Crippen molar-refractivity contribution in [2.24, 2.45) is 0 Å². The van der Waals surface area contributed by atoms with Crippen molar-refractivity contribution >= 4 is 5.95 Å². The monoisotopic (exact) mass is 249 g/mol. The first-order chi connectivity index (χ1) is 8.67. The lowest BCUT2D eigenvalue weighted by Gasteiger charge is -2.40. The molecule has 1 aliphatic rings. The Morgan fingerprint density at radius 2 is 2.22 bits per heavy atom. The zero-order valence-corrected chi connectivity index (χ0v) is 11.6. The van der Waals surface area contributed by atoms with Gasteiger partial charge in [-0.3, -0.25) is 0 Å². The van der Waals surface area contributed by atoms with Crippen LogP contribution in [0.4, 0.5) is 5.95 Å². The van der Waals surface area contributed by atoms with Crippen LogP contribution in [0.15, 0.2) is 12.3 Å². The molecule has 0 aromatic carbocycles. The van der Waals surface area contributed by atoms with E-state index in [0.29, 0.717) is 6.04 Å². The van der Waals surface area contributed by atoms with Crippen LogP contribution in [-0.4, -0.2) is 28.2 Å². The number of ether oxygens (including phenoxy) is 1. The van der Waals surface area contributed by atoms with E-state index in [1.807, 2.05) is 13.0 Å². The maximum absolute atomic E-state index is 5.97. The summed E-state index contributed by atoms with van der Waals surface area (Å²) >= 11 is 0. The Morgan fingerprint density at radius 3 is 2.89 bits per heavy atom. The van der Waals surface area contributed by atoms with Crippen LogP contribution in [0.2, 0.25) is 0 Å². The zero-order chi connectivity index (χ0) is 13.0. The van der Waals surface area contributed by atoms with Crippen LogP contribution in [0.3, 0.4) is 0 Å². The van der Waals surface area contributed by atoms with Gasteiger partial charge in [0, 0.05) is 24.5 Å². The molecule has 2 rings (SSSR count). The molecule has 1 atom stereocenters. The first-order valence-corrected chi connectivity index (χ1v) is 6.87. The second kappa shape index (κ2) is 5.65. The lowest BCUT2D eigenvalue weighted by atomic mass is 9.86. The summed E-state index contributed by atoms with van der Waals surface area (Å²) in [5.41, 5.74) is 1.04. The van der Waals surface area contributed by atoms with Gasteiger partial charge in [0.15, 0.2) is 0 Å². The summed E-state index contributed by atoms with van der Waals surface area (Å²) in [4.78, 5) is 8.67. The van der Waals surface area contributed by atoms with Crippen molar-refractivity contribution < 1.29 is 4.74 Å². The van der Waals surface area contributed by atoms with Gasteiger partial charge in [-0.05, 0) is 38.7 Å². The summed E-state index contributed by atoms with van der Waals surface area (Å²) < 4.78 is 5.97. The minimum atomic E-state index is 0.0414. The molecule has 100 valence electrons. The van der Waals surface area contributed by atoms with Gasteiger partial charge in [-0.15, -0.1) is 0 Å². The van der Waals surface area contributed by atoms with Gasteiger partial charge in [0.1, 0.15) is 0 Å². The molecular formula is C14H23N3O. The van der Waals surface area contributed by atoms with Crippen LogP contribution in [-0.2, 0) is 4.74 Å². The summed E-state index contributed by atoms with van der Waals surface area (Å²) in [6.45, 7) is 7.22. The molecule has 18 heavy (non-hydrogen) atoms. The largest absolute Gasteiger partial charge is 0.375 e. The molecule has 0 saturated carbocycles. The predicted octanol–water partition coefficient (Wildman–Crippen LogP) is 2.93. The fourth-order valence-electron chi connectivity index (χ4n) is 2.59. The Kier molecular flexibility index (Phi) is 4.17. The van der Waals surface area contributed by atoms with Gasteiger partial charge in [0.25, 0.3) is 0 Å². The van der Waals surface area contributed by atoms with E-state index in [-0.39, 0.29) is 5.60 Å². The number of aromatic nitrogens is 2. The molecule has 1 saturated heterocycles. The molecule has 1 N–H and O–H groups in total. The normalized spacial score (nSPS) is 22.7. The number of rotatable bonds is 4. The number of hydrogen-bond donors (Lipinski definition) is 1. The van der Waals surface area contributed by atoms with Crippen molar-refractivity contribution in [1.29, 1.82) is 0 Å². The molecule has 4 heteroatoms. The average molecular weight is 249 g/mol. The van der Waals surface area contributed by atoms with Crippen LogP contribution < -0.4 is 5.32 Å². The molecule has 1 aromatic rings. The van der Waals surface area contributed by atoms with Crippen molar-refractivity contribution in [2.75, 3.05) is 11.9 Å². The van der Waals surface area contributed by atoms with Crippen LogP contribution in [0.25, 0.3) is 0 Å². The van der Waals surface area contributed by atoms with Crippen molar-refractivity contribution in [3.63, 3.8) is 0 Å². The maximum Gasteiger partial charge on any atom is 0.223 e. The van der Waals surface area contributed by atoms with E-state index in [1.165, 1.54) is 0 Å². The minimum absolute atomic E-state index is 0.0414. The first kappa shape index (κ1) is 13.3. The van der Waals surface area contributed by atoms with E-state index in [9.17, 15) is 0 Å². The molecule has 1 aliphatic heterocycles. The Bertz CT molecular complexity index is 390. The van der Waals surface area contributed by atoms with Gasteiger partial charge in [-0.1, -0.05) is 13.8 Å². The molecule has 0 amide bonds. The Labute approximate surface area is 109 Å². The molecular weight excluding hydrogens is 226 g/mol. The van der Waals surface area contributed by atoms with Gasteiger partial charge in [-0.2, -0.15) is 0 Å². The molecule has 2 heterocycles. The third kappa shape index (κ3) is 2.99. The molecule has 0 aliphatic carbocycles. The van der Waals surface area contributed by atoms with E-state index in [0.717, 1.165) is 43.9 Å². The highest BCUT2D eigenvalue weighted by Gasteiger charge is 2.34. The summed E-state index contributed by atoms with van der Waals surface area (Å²) in [5, 5.41) is 3.44. The van der Waals surface area contributed by atoms with E-state index in [4.69, 9.17) is 4.74 Å². The lowest BCUT2D eigenvalue weighted by Crippen LogP contribution is -2.43. The van der Waals surface area contributed by atoms with Gasteiger partial charge in [0.2, 0.25) is 5.95 Å². The summed E-state index contributed by atoms with van der Waals surface area (Å²) in [7, 11) is 0. The standard InChI is InChI=1S/C14H23N3O/c1-4-14(5-2)10-12(7-9-18-14)17-13-15-8-6-11(3)16-13/h6,8,12H,4-5,7,9-10H2,1-3H3,(H,15,16,17). The Morgan fingerprint density at radius 1 is 1.44 bits per heavy atom. The van der Waals surface area contributed by atoms with E-state index in [2.05, 4.69) is 29.1 Å². The maximum atomic E-state index is 5.97. The van der Waals surface area contributed by atoms with Crippen LogP contribution in [0.1, 0.15) is 45.2 Å². The molecule has 4 nitrogen and oxygen atoms in total. The molecule has 0 bridgehead atoms. The smallest absolute Gasteiger partial charge is 0.223 e. The predicted molar refractivity (Wildman–Crippen MR) is 72.7 cm³/mol. The van der Waals surface area contributed by atoms with E-state index >= 15 is 0 Å². The van der Waals surface area contributed by atoms with Crippen molar-refractivity contribution in [3.8, 4) is 0 Å². The summed E-state index contributed by atoms with van der Waals surface area (Å²) in [5.74, 6) is 0.739. The van der Waals surface area contributed by atoms with E-state index < -0.39 is 0 Å². The van der Waals surface area contributed by atoms with Gasteiger partial charge in [0.05, 0.1) is 5.60 Å². The number of nitrogens with one attached hydrogen (secondary N) is 1. The fourth-order valence-corrected chi connectivity index (χ4v) is 2.59. The summed E-state index contributed by atoms with van der Waals surface area (Å²) in [6.07, 6.45) is 6.00. The van der Waals surface area contributed by atoms with E-state index in [1.54, 1.807) is 6.20 Å². The number of hydrogen-bond acceptors (Lipinski definition) is 4. The van der Waals surface area contributed by atoms with Gasteiger partial charge < -0.3 is 10.1 Å². The lowest BCUT2D eigenvalue weighted by molar-refractivity contribution is -0.0865. The van der Waals surface area contributed by atoms with Gasteiger partial charge in [-0.25, -0.2) is 9.97 Å². The average Bonchev–Trinajstić information content (AvgIpc) is 2.39.